The fourth-order valence-electron chi connectivity index (χ4n) is 10.9. The highest BCUT2D eigenvalue weighted by Crippen LogP contribution is 2.44. The van der Waals surface area contributed by atoms with Gasteiger partial charge in [0.05, 0.1) is 28.7 Å². The van der Waals surface area contributed by atoms with Crippen LogP contribution in [0, 0.1) is 32.1 Å². The normalized spacial score (nSPS) is 11.0. The van der Waals surface area contributed by atoms with Gasteiger partial charge in [0, 0.05) is 46.4 Å². The molecule has 0 saturated heterocycles. The fourth-order valence-corrected chi connectivity index (χ4v) is 10.9. The second-order valence-electron chi connectivity index (χ2n) is 19.6. The van der Waals surface area contributed by atoms with E-state index in [1.807, 2.05) is 55.0 Å². The van der Waals surface area contributed by atoms with Crippen molar-refractivity contribution in [2.24, 2.45) is 0 Å². The average molecular weight is 985 g/mol. The van der Waals surface area contributed by atoms with Gasteiger partial charge in [-0.1, -0.05) is 170 Å². The third-order valence-electron chi connectivity index (χ3n) is 14.7. The van der Waals surface area contributed by atoms with Crippen molar-refractivity contribution in [2.45, 2.75) is 20.8 Å². The molecule has 4 nitrogen and oxygen atoms in total. The molecular formula is C73H52N4. The molecule has 0 spiro atoms. The summed E-state index contributed by atoms with van der Waals surface area (Å²) in [6.45, 7) is 6.50. The highest BCUT2D eigenvalue weighted by atomic mass is 14.7. The Kier molecular flexibility index (Phi) is 13.1. The molecule has 0 atom stereocenters. The van der Waals surface area contributed by atoms with E-state index in [0.717, 1.165) is 123 Å². The Hall–Kier alpha value is -10.1. The number of aromatic nitrogens is 3. The van der Waals surface area contributed by atoms with Crippen LogP contribution in [0.1, 0.15) is 22.3 Å². The number of pyridine rings is 3. The molecule has 0 radical (unpaired) electrons. The number of nitriles is 1. The SMILES string of the molecule is Cc1cc(-c2ccc(-c3ccccc3-c3cc(-c4ccccc4-c4ccc(-c5ccccn5)cc4C)cc(-c4ccccc4-c4ccc(-c5ccccn5)cc4C)c3)c(C#N)c2)ncc1-c1cccc(-c2ccccc2)c1. The number of rotatable bonds is 11. The molecule has 12 aromatic rings. The van der Waals surface area contributed by atoms with Crippen LogP contribution in [-0.4, -0.2) is 15.0 Å². The van der Waals surface area contributed by atoms with E-state index in [1.165, 1.54) is 16.7 Å². The fraction of sp³-hybridized carbons (Fsp3) is 0.0411. The minimum absolute atomic E-state index is 0.579. The predicted molar refractivity (Wildman–Crippen MR) is 319 cm³/mol. The van der Waals surface area contributed by atoms with E-state index < -0.39 is 0 Å². The summed E-state index contributed by atoms with van der Waals surface area (Å²) >= 11 is 0. The van der Waals surface area contributed by atoms with Gasteiger partial charge in [0.25, 0.3) is 0 Å². The van der Waals surface area contributed by atoms with Gasteiger partial charge >= 0.3 is 0 Å². The smallest absolute Gasteiger partial charge is 0.0998 e. The van der Waals surface area contributed by atoms with E-state index in [-0.39, 0.29) is 0 Å². The lowest BCUT2D eigenvalue weighted by Crippen LogP contribution is -1.95. The lowest BCUT2D eigenvalue weighted by Gasteiger charge is -2.19. The first-order valence-corrected chi connectivity index (χ1v) is 26.0. The van der Waals surface area contributed by atoms with Crippen molar-refractivity contribution in [2.75, 3.05) is 0 Å². The van der Waals surface area contributed by atoms with E-state index >= 15 is 0 Å². The first-order valence-electron chi connectivity index (χ1n) is 26.0. The Bertz CT molecular complexity index is 4040. The number of benzene rings is 9. The summed E-state index contributed by atoms with van der Waals surface area (Å²) in [4.78, 5) is 14.3. The monoisotopic (exact) mass is 984 g/mol. The first-order chi connectivity index (χ1) is 37.9. The molecule has 12 rings (SSSR count). The summed E-state index contributed by atoms with van der Waals surface area (Å²) in [7, 11) is 0. The summed E-state index contributed by atoms with van der Waals surface area (Å²) < 4.78 is 0. The van der Waals surface area contributed by atoms with Gasteiger partial charge in [0.1, 0.15) is 0 Å². The Labute approximate surface area is 451 Å². The third kappa shape index (κ3) is 9.67. The van der Waals surface area contributed by atoms with Crippen LogP contribution in [0.4, 0.5) is 0 Å². The van der Waals surface area contributed by atoms with Crippen LogP contribution in [0.5, 0.6) is 0 Å². The van der Waals surface area contributed by atoms with Crippen LogP contribution in [0.15, 0.2) is 261 Å². The molecule has 4 heteroatoms. The van der Waals surface area contributed by atoms with Gasteiger partial charge in [-0.3, -0.25) is 15.0 Å². The molecule has 0 saturated carbocycles. The Morgan fingerprint density at radius 3 is 1.16 bits per heavy atom. The van der Waals surface area contributed by atoms with Crippen molar-refractivity contribution < 1.29 is 0 Å². The molecule has 0 fully saturated rings. The summed E-state index contributed by atoms with van der Waals surface area (Å²) in [5, 5.41) is 11.0. The summed E-state index contributed by atoms with van der Waals surface area (Å²) in [6, 6.07) is 88.2. The number of nitrogens with zero attached hydrogens (tertiary/aromatic N) is 4. The highest BCUT2D eigenvalue weighted by molar-refractivity contribution is 5.96. The van der Waals surface area contributed by atoms with Gasteiger partial charge in [-0.2, -0.15) is 5.26 Å². The molecular weight excluding hydrogens is 933 g/mol. The van der Waals surface area contributed by atoms with Crippen molar-refractivity contribution >= 4 is 0 Å². The maximum absolute atomic E-state index is 11.0. The van der Waals surface area contributed by atoms with Gasteiger partial charge in [-0.25, -0.2) is 0 Å². The van der Waals surface area contributed by atoms with Gasteiger partial charge in [0.15, 0.2) is 0 Å². The minimum Gasteiger partial charge on any atom is -0.256 e. The van der Waals surface area contributed by atoms with E-state index in [4.69, 9.17) is 4.98 Å². The van der Waals surface area contributed by atoms with Crippen LogP contribution in [-0.2, 0) is 0 Å². The van der Waals surface area contributed by atoms with E-state index in [2.05, 4.69) is 243 Å². The van der Waals surface area contributed by atoms with Crippen molar-refractivity contribution in [3.8, 4) is 129 Å². The lowest BCUT2D eigenvalue weighted by molar-refractivity contribution is 1.28. The third-order valence-corrected chi connectivity index (χ3v) is 14.7. The second kappa shape index (κ2) is 21.0. The molecule has 0 bridgehead atoms. The molecule has 0 amide bonds. The van der Waals surface area contributed by atoms with E-state index in [0.29, 0.717) is 5.56 Å². The zero-order chi connectivity index (χ0) is 52.2. The maximum Gasteiger partial charge on any atom is 0.0998 e. The Morgan fingerprint density at radius 1 is 0.260 bits per heavy atom. The summed E-state index contributed by atoms with van der Waals surface area (Å²) in [5.41, 5.74) is 27.2. The van der Waals surface area contributed by atoms with Crippen LogP contribution < -0.4 is 0 Å². The lowest BCUT2D eigenvalue weighted by atomic mass is 9.84. The largest absolute Gasteiger partial charge is 0.256 e. The van der Waals surface area contributed by atoms with Crippen LogP contribution in [0.25, 0.3) is 123 Å². The van der Waals surface area contributed by atoms with Crippen LogP contribution in [0.2, 0.25) is 0 Å². The van der Waals surface area contributed by atoms with Gasteiger partial charge in [-0.15, -0.1) is 0 Å². The average Bonchev–Trinajstić information content (AvgIpc) is 3.50. The molecule has 0 aliphatic rings. The molecule has 77 heavy (non-hydrogen) atoms. The zero-order valence-corrected chi connectivity index (χ0v) is 43.1. The maximum atomic E-state index is 11.0. The molecule has 3 aromatic heterocycles. The Balaban J connectivity index is 0.972. The molecule has 0 unspecified atom stereocenters. The van der Waals surface area contributed by atoms with E-state index in [9.17, 15) is 5.26 Å². The zero-order valence-electron chi connectivity index (χ0n) is 43.1. The number of hydrogen-bond donors (Lipinski definition) is 0. The van der Waals surface area contributed by atoms with Gasteiger partial charge in [0.2, 0.25) is 0 Å². The Morgan fingerprint density at radius 2 is 0.675 bits per heavy atom. The standard InChI is InChI=1S/C73H52N4/c1-48-38-54(71-28-13-15-36-75-71)30-33-61(48)67-25-10-7-22-63(67)57-43-58(64-23-8-11-26-68(64)62-34-31-55(39-49(62)2)72-29-14-16-37-76-72)45-59(44-57)65-24-9-12-27-69(65)66-35-32-56(42-60(66)46-74)73-40-50(3)70(47-77-73)53-21-17-20-52(41-53)51-18-5-4-6-19-51/h4-45,47H,1-3H3. The topological polar surface area (TPSA) is 62.5 Å². The van der Waals surface area contributed by atoms with E-state index in [1.54, 1.807) is 0 Å². The van der Waals surface area contributed by atoms with Crippen LogP contribution >= 0.6 is 0 Å². The van der Waals surface area contributed by atoms with Crippen molar-refractivity contribution in [1.82, 2.24) is 15.0 Å². The van der Waals surface area contributed by atoms with Crippen molar-refractivity contribution in [3.63, 3.8) is 0 Å². The summed E-state index contributed by atoms with van der Waals surface area (Å²) in [5.74, 6) is 0. The number of hydrogen-bond acceptors (Lipinski definition) is 4. The quantitative estimate of drug-likeness (QED) is 0.130. The van der Waals surface area contributed by atoms with Gasteiger partial charge in [-0.05, 0) is 188 Å². The molecule has 3 heterocycles. The minimum atomic E-state index is 0.579. The first kappa shape index (κ1) is 47.9. The highest BCUT2D eigenvalue weighted by Gasteiger charge is 2.20. The van der Waals surface area contributed by atoms with Crippen molar-refractivity contribution in [1.29, 1.82) is 5.26 Å². The molecule has 0 aliphatic carbocycles. The molecule has 0 aliphatic heterocycles. The molecule has 0 N–H and O–H groups in total. The second-order valence-corrected chi connectivity index (χ2v) is 19.6. The number of aryl methyl sites for hydroxylation is 3. The summed E-state index contributed by atoms with van der Waals surface area (Å²) in [6.07, 6.45) is 5.64. The molecule has 364 valence electrons. The van der Waals surface area contributed by atoms with Gasteiger partial charge < -0.3 is 0 Å². The van der Waals surface area contributed by atoms with Crippen LogP contribution in [0.3, 0.4) is 0 Å². The van der Waals surface area contributed by atoms with Crippen molar-refractivity contribution in [3.05, 3.63) is 283 Å². The predicted octanol–water partition coefficient (Wildman–Crippen LogP) is 19.0. The molecule has 9 aromatic carbocycles.